The minimum Gasteiger partial charge on any atom is -0.387 e. The van der Waals surface area contributed by atoms with Gasteiger partial charge in [-0.25, -0.2) is 4.98 Å². The van der Waals surface area contributed by atoms with Crippen molar-refractivity contribution in [2.75, 3.05) is 26.2 Å². The molecule has 5 nitrogen and oxygen atoms in total. The van der Waals surface area contributed by atoms with E-state index in [-0.39, 0.29) is 12.1 Å². The Kier molecular flexibility index (Phi) is 4.00. The van der Waals surface area contributed by atoms with E-state index < -0.39 is 0 Å². The molecular formula is C21H24N4O. The largest absolute Gasteiger partial charge is 0.387 e. The van der Waals surface area contributed by atoms with Crippen molar-refractivity contribution in [1.82, 2.24) is 19.2 Å². The third-order valence-corrected chi connectivity index (χ3v) is 5.84. The Bertz CT molecular complexity index is 880. The highest BCUT2D eigenvalue weighted by atomic mass is 16.3. The maximum absolute atomic E-state index is 10.7. The van der Waals surface area contributed by atoms with E-state index in [0.717, 1.165) is 56.0 Å². The van der Waals surface area contributed by atoms with E-state index in [4.69, 9.17) is 4.98 Å². The van der Waals surface area contributed by atoms with Crippen LogP contribution in [0.5, 0.6) is 0 Å². The molecule has 2 aliphatic rings. The van der Waals surface area contributed by atoms with Crippen LogP contribution < -0.4 is 0 Å². The van der Waals surface area contributed by atoms with E-state index >= 15 is 0 Å². The summed E-state index contributed by atoms with van der Waals surface area (Å²) < 4.78 is 2.08. The number of hydrogen-bond acceptors (Lipinski definition) is 4. The summed E-state index contributed by atoms with van der Waals surface area (Å²) in [6.07, 6.45) is 4.78. The quantitative estimate of drug-likeness (QED) is 0.787. The number of hydrogen-bond donors (Lipinski definition) is 1. The molecule has 1 aliphatic carbocycles. The maximum atomic E-state index is 10.7. The van der Waals surface area contributed by atoms with Crippen molar-refractivity contribution in [1.29, 1.82) is 0 Å². The van der Waals surface area contributed by atoms with Gasteiger partial charge in [0.1, 0.15) is 5.65 Å². The standard InChI is InChI=1S/C21H24N4O/c26-21-18-6-2-1-5-16(18)13-19(21)24-11-9-23(10-12-24)14-17-15-25-8-4-3-7-20(25)22-17/h1-8,15,19,21,26H,9-14H2. The molecule has 2 atom stereocenters. The first-order chi connectivity index (χ1) is 12.8. The first-order valence-corrected chi connectivity index (χ1v) is 9.43. The molecule has 5 rings (SSSR count). The lowest BCUT2D eigenvalue weighted by atomic mass is 10.1. The SMILES string of the molecule is OC1c2ccccc2CC1N1CCN(Cc2cn3ccccc3n2)CC1. The number of aliphatic hydroxyl groups excluding tert-OH is 1. The minimum absolute atomic E-state index is 0.227. The third-order valence-electron chi connectivity index (χ3n) is 5.84. The fraction of sp³-hybridized carbons (Fsp3) is 0.381. The molecule has 1 N–H and O–H groups in total. The normalized spacial score (nSPS) is 24.2. The summed E-state index contributed by atoms with van der Waals surface area (Å²) in [5, 5.41) is 10.7. The smallest absolute Gasteiger partial charge is 0.137 e. The van der Waals surface area contributed by atoms with Gasteiger partial charge in [-0.3, -0.25) is 9.80 Å². The fourth-order valence-electron chi connectivity index (χ4n) is 4.43. The number of rotatable bonds is 3. The van der Waals surface area contributed by atoms with Crippen molar-refractivity contribution in [3.8, 4) is 0 Å². The van der Waals surface area contributed by atoms with E-state index in [2.05, 4.69) is 38.6 Å². The van der Waals surface area contributed by atoms with Crippen LogP contribution in [0.3, 0.4) is 0 Å². The number of aromatic nitrogens is 2. The number of aliphatic hydroxyl groups is 1. The Morgan fingerprint density at radius 2 is 1.81 bits per heavy atom. The van der Waals surface area contributed by atoms with Crippen LogP contribution in [0.15, 0.2) is 54.9 Å². The summed E-state index contributed by atoms with van der Waals surface area (Å²) in [5.74, 6) is 0. The third kappa shape index (κ3) is 2.82. The summed E-state index contributed by atoms with van der Waals surface area (Å²) in [6.45, 7) is 4.94. The van der Waals surface area contributed by atoms with Crippen LogP contribution in [0, 0.1) is 0 Å². The van der Waals surface area contributed by atoms with Gasteiger partial charge in [-0.2, -0.15) is 0 Å². The van der Waals surface area contributed by atoms with Crippen LogP contribution in [0.1, 0.15) is 22.9 Å². The average molecular weight is 348 g/mol. The first kappa shape index (κ1) is 16.0. The van der Waals surface area contributed by atoms with Gasteiger partial charge in [0.05, 0.1) is 11.8 Å². The van der Waals surface area contributed by atoms with E-state index in [1.807, 2.05) is 30.5 Å². The van der Waals surface area contributed by atoms with Crippen LogP contribution in [0.2, 0.25) is 0 Å². The molecule has 1 fully saturated rings. The lowest BCUT2D eigenvalue weighted by molar-refractivity contribution is 0.0256. The molecule has 0 amide bonds. The molecule has 0 bridgehead atoms. The first-order valence-electron chi connectivity index (χ1n) is 9.43. The number of fused-ring (bicyclic) bond motifs is 2. The van der Waals surface area contributed by atoms with Gasteiger partial charge in [0.25, 0.3) is 0 Å². The second-order valence-electron chi connectivity index (χ2n) is 7.43. The number of piperazine rings is 1. The Morgan fingerprint density at radius 1 is 1.00 bits per heavy atom. The molecular weight excluding hydrogens is 324 g/mol. The highest BCUT2D eigenvalue weighted by molar-refractivity contribution is 5.39. The molecule has 1 aliphatic heterocycles. The van der Waals surface area contributed by atoms with Crippen LogP contribution in [0.4, 0.5) is 0 Å². The van der Waals surface area contributed by atoms with Crippen molar-refractivity contribution >= 4 is 5.65 Å². The Hall–Kier alpha value is -2.21. The number of benzene rings is 1. The van der Waals surface area contributed by atoms with Crippen molar-refractivity contribution in [2.24, 2.45) is 0 Å². The van der Waals surface area contributed by atoms with Gasteiger partial charge in [0.2, 0.25) is 0 Å². The molecule has 2 unspecified atom stereocenters. The van der Waals surface area contributed by atoms with Gasteiger partial charge in [-0.1, -0.05) is 30.3 Å². The Morgan fingerprint density at radius 3 is 2.62 bits per heavy atom. The van der Waals surface area contributed by atoms with E-state index in [1.54, 1.807) is 0 Å². The molecule has 26 heavy (non-hydrogen) atoms. The van der Waals surface area contributed by atoms with Crippen LogP contribution in [0.25, 0.3) is 5.65 Å². The van der Waals surface area contributed by atoms with Crippen molar-refractivity contribution in [3.05, 3.63) is 71.7 Å². The van der Waals surface area contributed by atoms with Crippen LogP contribution in [-0.4, -0.2) is 56.5 Å². The van der Waals surface area contributed by atoms with Gasteiger partial charge in [-0.15, -0.1) is 0 Å². The van der Waals surface area contributed by atoms with Crippen LogP contribution in [-0.2, 0) is 13.0 Å². The molecule has 0 spiro atoms. The molecule has 3 aromatic rings. The van der Waals surface area contributed by atoms with Crippen LogP contribution >= 0.6 is 0 Å². The summed E-state index contributed by atoms with van der Waals surface area (Å²) in [7, 11) is 0. The number of nitrogens with zero attached hydrogens (tertiary/aromatic N) is 4. The minimum atomic E-state index is -0.351. The molecule has 3 heterocycles. The molecule has 1 saturated heterocycles. The van der Waals surface area contributed by atoms with Gasteiger partial charge < -0.3 is 9.51 Å². The van der Waals surface area contributed by atoms with Crippen molar-refractivity contribution in [3.63, 3.8) is 0 Å². The second-order valence-corrected chi connectivity index (χ2v) is 7.43. The molecule has 5 heteroatoms. The monoisotopic (exact) mass is 348 g/mol. The zero-order valence-electron chi connectivity index (χ0n) is 14.8. The van der Waals surface area contributed by atoms with Gasteiger partial charge in [-0.05, 0) is 29.7 Å². The van der Waals surface area contributed by atoms with Gasteiger partial charge in [0, 0.05) is 51.2 Å². The van der Waals surface area contributed by atoms with E-state index in [9.17, 15) is 5.11 Å². The highest BCUT2D eigenvalue weighted by Gasteiger charge is 2.36. The van der Waals surface area contributed by atoms with Crippen molar-refractivity contribution < 1.29 is 5.11 Å². The fourth-order valence-corrected chi connectivity index (χ4v) is 4.43. The Balaban J connectivity index is 1.21. The second kappa shape index (κ2) is 6.50. The maximum Gasteiger partial charge on any atom is 0.137 e. The predicted octanol–water partition coefficient (Wildman–Crippen LogP) is 2.11. The number of imidazole rings is 1. The van der Waals surface area contributed by atoms with Gasteiger partial charge >= 0.3 is 0 Å². The summed E-state index contributed by atoms with van der Waals surface area (Å²) in [5.41, 5.74) is 4.55. The molecule has 2 aromatic heterocycles. The van der Waals surface area contributed by atoms with E-state index in [0.29, 0.717) is 0 Å². The van der Waals surface area contributed by atoms with Gasteiger partial charge in [0.15, 0.2) is 0 Å². The summed E-state index contributed by atoms with van der Waals surface area (Å²) in [6, 6.07) is 14.6. The summed E-state index contributed by atoms with van der Waals surface area (Å²) in [4.78, 5) is 9.64. The molecule has 1 aromatic carbocycles. The number of pyridine rings is 1. The topological polar surface area (TPSA) is 44.0 Å². The highest BCUT2D eigenvalue weighted by Crippen LogP contribution is 2.34. The zero-order chi connectivity index (χ0) is 17.5. The molecule has 134 valence electrons. The lowest BCUT2D eigenvalue weighted by Crippen LogP contribution is -2.51. The lowest BCUT2D eigenvalue weighted by Gasteiger charge is -2.38. The molecule has 0 saturated carbocycles. The summed E-state index contributed by atoms with van der Waals surface area (Å²) >= 11 is 0. The average Bonchev–Trinajstić information content (AvgIpc) is 3.23. The predicted molar refractivity (Wildman–Crippen MR) is 101 cm³/mol. The Labute approximate surface area is 153 Å². The molecule has 0 radical (unpaired) electrons. The zero-order valence-corrected chi connectivity index (χ0v) is 14.8. The van der Waals surface area contributed by atoms with E-state index in [1.165, 1.54) is 5.56 Å². The van der Waals surface area contributed by atoms with Crippen molar-refractivity contribution in [2.45, 2.75) is 25.1 Å².